The molecule has 0 unspecified atom stereocenters. The predicted octanol–water partition coefficient (Wildman–Crippen LogP) is 0.224. The van der Waals surface area contributed by atoms with Crippen LogP contribution in [0.25, 0.3) is 33.2 Å². The molecule has 3 atom stereocenters. The largest absolute Gasteiger partial charge is 0.394 e. The third kappa shape index (κ3) is 3.30. The van der Waals surface area contributed by atoms with E-state index in [1.807, 2.05) is 13.0 Å². The number of nitrogens with zero attached hydrogens (tertiary/aromatic N) is 7. The third-order valence-corrected chi connectivity index (χ3v) is 6.21. The van der Waals surface area contributed by atoms with Gasteiger partial charge in [0.2, 0.25) is 11.9 Å². The molecule has 1 fully saturated rings. The summed E-state index contributed by atoms with van der Waals surface area (Å²) in [6.45, 7) is 1.52. The highest BCUT2D eigenvalue weighted by atomic mass is 16.5. The number of benzene rings is 1. The number of fused-ring (bicyclic) bond motifs is 4. The van der Waals surface area contributed by atoms with Crippen molar-refractivity contribution in [2.75, 3.05) is 17.7 Å². The van der Waals surface area contributed by atoms with Crippen LogP contribution in [0, 0.1) is 6.92 Å². The Balaban J connectivity index is 1.48. The van der Waals surface area contributed by atoms with Crippen molar-refractivity contribution in [2.45, 2.75) is 31.8 Å². The minimum atomic E-state index is -0.839. The van der Waals surface area contributed by atoms with E-state index in [9.17, 15) is 15.0 Å². The minimum absolute atomic E-state index is 0.122. The monoisotopic (exact) mass is 478 g/mol. The SMILES string of the molecule is Cc1cnc2c(Nc3nc4c(ncn4[C@H]4C[C@@H](O)[C@@H](CO)O4)c(=O)[nH]3)cc3c(nc(N)n3C)c2n1. The molecule has 0 radical (unpaired) electrons. The number of nitrogens with two attached hydrogens (primary N) is 1. The first-order chi connectivity index (χ1) is 16.8. The van der Waals surface area contributed by atoms with E-state index >= 15 is 0 Å². The summed E-state index contributed by atoms with van der Waals surface area (Å²) in [5.41, 5.74) is 9.68. The Morgan fingerprint density at radius 1 is 1.23 bits per heavy atom. The van der Waals surface area contributed by atoms with Crippen LogP contribution in [0.15, 0.2) is 23.4 Å². The van der Waals surface area contributed by atoms with Gasteiger partial charge in [-0.25, -0.2) is 15.0 Å². The molecule has 1 aliphatic heterocycles. The number of aromatic amines is 1. The Kier molecular flexibility index (Phi) is 4.70. The molecule has 1 saturated heterocycles. The van der Waals surface area contributed by atoms with Gasteiger partial charge >= 0.3 is 0 Å². The van der Waals surface area contributed by atoms with Gasteiger partial charge in [-0.1, -0.05) is 0 Å². The second kappa shape index (κ2) is 7.69. The molecular formula is C21H22N10O4. The maximum atomic E-state index is 12.8. The molecule has 0 saturated carbocycles. The molecule has 5 heterocycles. The lowest BCUT2D eigenvalue weighted by Crippen LogP contribution is -2.24. The molecule has 4 aromatic heterocycles. The van der Waals surface area contributed by atoms with E-state index in [1.54, 1.807) is 22.4 Å². The van der Waals surface area contributed by atoms with E-state index in [-0.39, 0.29) is 30.1 Å². The van der Waals surface area contributed by atoms with Crippen LogP contribution in [-0.2, 0) is 11.8 Å². The van der Waals surface area contributed by atoms with Gasteiger partial charge in [-0.3, -0.25) is 19.3 Å². The topological polar surface area (TPSA) is 195 Å². The summed E-state index contributed by atoms with van der Waals surface area (Å²) in [6, 6.07) is 1.81. The molecule has 1 aliphatic rings. The number of nitrogen functional groups attached to an aromatic ring is 1. The number of anilines is 3. The van der Waals surface area contributed by atoms with Crippen molar-refractivity contribution < 1.29 is 14.9 Å². The molecule has 0 bridgehead atoms. The number of ether oxygens (including phenoxy) is 1. The minimum Gasteiger partial charge on any atom is -0.394 e. The van der Waals surface area contributed by atoms with Gasteiger partial charge in [0.25, 0.3) is 5.56 Å². The Morgan fingerprint density at radius 2 is 2.06 bits per heavy atom. The zero-order chi connectivity index (χ0) is 24.4. The molecule has 6 rings (SSSR count). The zero-order valence-electron chi connectivity index (χ0n) is 18.8. The Bertz CT molecular complexity index is 1670. The van der Waals surface area contributed by atoms with Crippen LogP contribution in [0.2, 0.25) is 0 Å². The van der Waals surface area contributed by atoms with E-state index in [1.165, 1.54) is 6.33 Å². The van der Waals surface area contributed by atoms with Crippen molar-refractivity contribution in [1.29, 1.82) is 0 Å². The molecule has 5 aromatic rings. The number of rotatable bonds is 4. The first-order valence-electron chi connectivity index (χ1n) is 10.9. The lowest BCUT2D eigenvalue weighted by molar-refractivity contribution is -0.0432. The van der Waals surface area contributed by atoms with Gasteiger partial charge < -0.3 is 30.6 Å². The van der Waals surface area contributed by atoms with Crippen LogP contribution < -0.4 is 16.6 Å². The third-order valence-electron chi connectivity index (χ3n) is 6.21. The summed E-state index contributed by atoms with van der Waals surface area (Å²) >= 11 is 0. The number of aliphatic hydroxyl groups is 2. The number of imidazole rings is 2. The molecule has 0 amide bonds. The molecule has 14 heteroatoms. The molecule has 35 heavy (non-hydrogen) atoms. The van der Waals surface area contributed by atoms with E-state index in [4.69, 9.17) is 10.5 Å². The van der Waals surface area contributed by atoms with Crippen LogP contribution in [-0.4, -0.2) is 68.1 Å². The Labute approximate surface area is 196 Å². The Hall–Kier alpha value is -4.14. The highest BCUT2D eigenvalue weighted by Crippen LogP contribution is 2.33. The van der Waals surface area contributed by atoms with Crippen LogP contribution in [0.1, 0.15) is 18.3 Å². The summed E-state index contributed by atoms with van der Waals surface area (Å²) in [6.07, 6.45) is 1.11. The standard InChI is InChI=1S/C21H22N10O4/c1-8-5-23-14-9(3-10-15(16(14)25-8)27-20(22)30(10)2)26-21-28-18-17(19(34)29-21)24-7-31(18)13-4-11(33)12(6-32)35-13/h3,5,7,11-13,32-33H,4,6H2,1-2H3,(H2,22,27)(H2,26,28,29,34)/t11-,12-,13-/m1/s1. The van der Waals surface area contributed by atoms with Crippen molar-refractivity contribution >= 4 is 50.8 Å². The van der Waals surface area contributed by atoms with E-state index in [0.29, 0.717) is 28.2 Å². The summed E-state index contributed by atoms with van der Waals surface area (Å²) in [7, 11) is 1.80. The van der Waals surface area contributed by atoms with Gasteiger partial charge in [0.15, 0.2) is 11.2 Å². The van der Waals surface area contributed by atoms with Crippen LogP contribution in [0.4, 0.5) is 17.6 Å². The first kappa shape index (κ1) is 21.4. The average molecular weight is 478 g/mol. The van der Waals surface area contributed by atoms with Gasteiger partial charge in [-0.05, 0) is 13.0 Å². The maximum absolute atomic E-state index is 12.8. The van der Waals surface area contributed by atoms with Gasteiger partial charge in [0, 0.05) is 19.7 Å². The molecular weight excluding hydrogens is 456 g/mol. The second-order valence-corrected chi connectivity index (χ2v) is 8.51. The highest BCUT2D eigenvalue weighted by molar-refractivity contribution is 6.07. The lowest BCUT2D eigenvalue weighted by atomic mass is 10.2. The Morgan fingerprint density at radius 3 is 2.83 bits per heavy atom. The van der Waals surface area contributed by atoms with Crippen LogP contribution in [0.5, 0.6) is 0 Å². The van der Waals surface area contributed by atoms with E-state index in [0.717, 1.165) is 11.2 Å². The summed E-state index contributed by atoms with van der Waals surface area (Å²) in [5.74, 6) is 0.484. The number of nitrogens with one attached hydrogen (secondary N) is 2. The fourth-order valence-electron chi connectivity index (χ4n) is 4.38. The smallest absolute Gasteiger partial charge is 0.280 e. The molecule has 6 N–H and O–H groups in total. The predicted molar refractivity (Wildman–Crippen MR) is 126 cm³/mol. The van der Waals surface area contributed by atoms with Crippen molar-refractivity contribution in [3.05, 3.63) is 34.6 Å². The van der Waals surface area contributed by atoms with E-state index in [2.05, 4.69) is 35.2 Å². The number of aryl methyl sites for hydroxylation is 2. The normalized spacial score (nSPS) is 20.4. The number of aliphatic hydroxyl groups excluding tert-OH is 2. The van der Waals surface area contributed by atoms with Gasteiger partial charge in [0.1, 0.15) is 28.9 Å². The van der Waals surface area contributed by atoms with E-state index < -0.39 is 24.0 Å². The molecule has 180 valence electrons. The molecule has 0 aliphatic carbocycles. The number of hydrogen-bond donors (Lipinski definition) is 5. The van der Waals surface area contributed by atoms with Gasteiger partial charge in [0.05, 0.1) is 35.9 Å². The fourth-order valence-corrected chi connectivity index (χ4v) is 4.38. The quantitative estimate of drug-likeness (QED) is 0.237. The van der Waals surface area contributed by atoms with Crippen molar-refractivity contribution in [3.8, 4) is 0 Å². The molecule has 0 spiro atoms. The summed E-state index contributed by atoms with van der Waals surface area (Å²) in [5, 5.41) is 22.7. The number of aromatic nitrogens is 8. The van der Waals surface area contributed by atoms with Crippen molar-refractivity contribution in [2.24, 2.45) is 7.05 Å². The summed E-state index contributed by atoms with van der Waals surface area (Å²) in [4.78, 5) is 37.8. The lowest BCUT2D eigenvalue weighted by Gasteiger charge is -2.14. The number of hydrogen-bond acceptors (Lipinski definition) is 11. The average Bonchev–Trinajstić information content (AvgIpc) is 3.50. The first-order valence-corrected chi connectivity index (χ1v) is 10.9. The molecule has 14 nitrogen and oxygen atoms in total. The van der Waals surface area contributed by atoms with Crippen molar-refractivity contribution in [1.82, 2.24) is 39.0 Å². The number of H-pyrrole nitrogens is 1. The fraction of sp³-hybridized carbons (Fsp3) is 0.333. The highest BCUT2D eigenvalue weighted by Gasteiger charge is 2.35. The summed E-state index contributed by atoms with van der Waals surface area (Å²) < 4.78 is 9.02. The van der Waals surface area contributed by atoms with Crippen molar-refractivity contribution in [3.63, 3.8) is 0 Å². The van der Waals surface area contributed by atoms with Crippen LogP contribution >= 0.6 is 0 Å². The molecule has 1 aromatic carbocycles. The van der Waals surface area contributed by atoms with Crippen LogP contribution in [0.3, 0.4) is 0 Å². The second-order valence-electron chi connectivity index (χ2n) is 8.51. The zero-order valence-corrected chi connectivity index (χ0v) is 18.8. The maximum Gasteiger partial charge on any atom is 0.280 e. The van der Waals surface area contributed by atoms with Gasteiger partial charge in [-0.2, -0.15) is 4.98 Å². The van der Waals surface area contributed by atoms with Gasteiger partial charge in [-0.15, -0.1) is 0 Å².